The molecule has 1 aromatic heterocycles. The van der Waals surface area contributed by atoms with Gasteiger partial charge in [0.2, 0.25) is 0 Å². The quantitative estimate of drug-likeness (QED) is 0.838. The van der Waals surface area contributed by atoms with Gasteiger partial charge in [-0.15, -0.1) is 11.3 Å². The van der Waals surface area contributed by atoms with Crippen LogP contribution in [0.5, 0.6) is 0 Å². The van der Waals surface area contributed by atoms with Crippen LogP contribution >= 0.6 is 11.3 Å². The number of carbonyl (C=O) groups is 1. The molecule has 2 rings (SSSR count). The van der Waals surface area contributed by atoms with E-state index in [4.69, 9.17) is 0 Å². The van der Waals surface area contributed by atoms with Gasteiger partial charge in [0.15, 0.2) is 0 Å². The Bertz CT molecular complexity index is 379. The number of amides is 1. The summed E-state index contributed by atoms with van der Waals surface area (Å²) in [6.07, 6.45) is 2.53. The molecule has 1 heterocycles. The zero-order chi connectivity index (χ0) is 11.0. The molecule has 0 spiro atoms. The Labute approximate surface area is 94.7 Å². The van der Waals surface area contributed by atoms with Crippen molar-refractivity contribution in [3.8, 4) is 0 Å². The Morgan fingerprint density at radius 1 is 1.53 bits per heavy atom. The van der Waals surface area contributed by atoms with Gasteiger partial charge in [-0.3, -0.25) is 4.79 Å². The van der Waals surface area contributed by atoms with E-state index in [9.17, 15) is 4.79 Å². The van der Waals surface area contributed by atoms with Gasteiger partial charge in [-0.1, -0.05) is 0 Å². The van der Waals surface area contributed by atoms with Crippen LogP contribution in [0.3, 0.4) is 0 Å². The van der Waals surface area contributed by atoms with Crippen molar-refractivity contribution in [1.82, 2.24) is 5.32 Å². The molecule has 15 heavy (non-hydrogen) atoms. The van der Waals surface area contributed by atoms with Gasteiger partial charge in [0.05, 0.1) is 5.56 Å². The Balaban J connectivity index is 2.03. The first-order valence-corrected chi connectivity index (χ1v) is 6.27. The third-order valence-electron chi connectivity index (χ3n) is 2.97. The zero-order valence-electron chi connectivity index (χ0n) is 9.46. The summed E-state index contributed by atoms with van der Waals surface area (Å²) in [6, 6.07) is 2.31. The van der Waals surface area contributed by atoms with Gasteiger partial charge in [-0.25, -0.2) is 0 Å². The van der Waals surface area contributed by atoms with Crippen LogP contribution in [0.1, 0.15) is 39.9 Å². The van der Waals surface area contributed by atoms with E-state index in [1.54, 1.807) is 11.3 Å². The maximum Gasteiger partial charge on any atom is 0.252 e. The highest BCUT2D eigenvalue weighted by atomic mass is 32.1. The Morgan fingerprint density at radius 3 is 2.67 bits per heavy atom. The van der Waals surface area contributed by atoms with Gasteiger partial charge in [-0.2, -0.15) is 0 Å². The van der Waals surface area contributed by atoms with E-state index in [1.165, 1.54) is 17.7 Å². The average molecular weight is 223 g/mol. The van der Waals surface area contributed by atoms with Crippen molar-refractivity contribution < 1.29 is 4.79 Å². The summed E-state index contributed by atoms with van der Waals surface area (Å²) < 4.78 is 0. The molecule has 1 aliphatic rings. The van der Waals surface area contributed by atoms with Crippen molar-refractivity contribution in [2.45, 2.75) is 39.7 Å². The lowest BCUT2D eigenvalue weighted by Gasteiger charge is -2.12. The first-order chi connectivity index (χ1) is 7.08. The largest absolute Gasteiger partial charge is 0.349 e. The maximum absolute atomic E-state index is 11.9. The first kappa shape index (κ1) is 10.7. The molecule has 2 nitrogen and oxygen atoms in total. The molecule has 1 fully saturated rings. The normalized spacial score (nSPS) is 17.5. The number of thiophene rings is 1. The minimum Gasteiger partial charge on any atom is -0.349 e. The third kappa shape index (κ3) is 2.40. The van der Waals surface area contributed by atoms with Gasteiger partial charge in [0, 0.05) is 15.8 Å². The van der Waals surface area contributed by atoms with E-state index in [0.717, 1.165) is 10.4 Å². The summed E-state index contributed by atoms with van der Waals surface area (Å²) in [5, 5.41) is 3.08. The molecule has 1 aromatic rings. The molecule has 0 radical (unpaired) electrons. The summed E-state index contributed by atoms with van der Waals surface area (Å²) in [4.78, 5) is 14.2. The summed E-state index contributed by atoms with van der Waals surface area (Å²) in [5.41, 5.74) is 0.852. The predicted molar refractivity (Wildman–Crippen MR) is 63.4 cm³/mol. The molecule has 0 aliphatic heterocycles. The molecule has 0 aromatic carbocycles. The van der Waals surface area contributed by atoms with Gasteiger partial charge < -0.3 is 5.32 Å². The predicted octanol–water partition coefficient (Wildman–Crippen LogP) is 2.89. The molecule has 1 N–H and O–H groups in total. The summed E-state index contributed by atoms with van der Waals surface area (Å²) in [6.45, 7) is 6.15. The molecule has 1 saturated carbocycles. The molecule has 82 valence electrons. The average Bonchev–Trinajstić information content (AvgIpc) is 2.92. The molecule has 3 heteroatoms. The SMILES string of the molecule is Cc1cc(C(=O)NC(C)C2CC2)c(C)s1. The number of rotatable bonds is 3. The molecule has 0 saturated heterocycles. The lowest BCUT2D eigenvalue weighted by atomic mass is 10.2. The highest BCUT2D eigenvalue weighted by molar-refractivity contribution is 7.12. The Morgan fingerprint density at radius 2 is 2.20 bits per heavy atom. The van der Waals surface area contributed by atoms with Crippen molar-refractivity contribution >= 4 is 17.2 Å². The minimum atomic E-state index is 0.0938. The van der Waals surface area contributed by atoms with Crippen LogP contribution < -0.4 is 5.32 Å². The van der Waals surface area contributed by atoms with Gasteiger partial charge >= 0.3 is 0 Å². The van der Waals surface area contributed by atoms with E-state index < -0.39 is 0 Å². The maximum atomic E-state index is 11.9. The van der Waals surface area contributed by atoms with Crippen LogP contribution in [-0.2, 0) is 0 Å². The van der Waals surface area contributed by atoms with E-state index in [2.05, 4.69) is 12.2 Å². The van der Waals surface area contributed by atoms with Crippen LogP contribution in [0.15, 0.2) is 6.07 Å². The second kappa shape index (κ2) is 3.97. The first-order valence-electron chi connectivity index (χ1n) is 5.46. The third-order valence-corrected chi connectivity index (χ3v) is 3.94. The number of nitrogens with one attached hydrogen (secondary N) is 1. The van der Waals surface area contributed by atoms with Crippen molar-refractivity contribution in [2.24, 2.45) is 5.92 Å². The monoisotopic (exact) mass is 223 g/mol. The Hall–Kier alpha value is -0.830. The number of hydrogen-bond acceptors (Lipinski definition) is 2. The van der Waals surface area contributed by atoms with Crippen molar-refractivity contribution in [1.29, 1.82) is 0 Å². The van der Waals surface area contributed by atoms with Gasteiger partial charge in [-0.05, 0) is 45.6 Å². The topological polar surface area (TPSA) is 29.1 Å². The van der Waals surface area contributed by atoms with Crippen LogP contribution in [0.2, 0.25) is 0 Å². The lowest BCUT2D eigenvalue weighted by Crippen LogP contribution is -2.34. The fourth-order valence-electron chi connectivity index (χ4n) is 1.85. The summed E-state index contributed by atoms with van der Waals surface area (Å²) in [7, 11) is 0. The molecule has 1 amide bonds. The van der Waals surface area contributed by atoms with Crippen molar-refractivity contribution in [3.05, 3.63) is 21.4 Å². The lowest BCUT2D eigenvalue weighted by molar-refractivity contribution is 0.0935. The molecular formula is C12H17NOS. The second-order valence-electron chi connectivity index (χ2n) is 4.43. The fraction of sp³-hybridized carbons (Fsp3) is 0.583. The molecule has 0 bridgehead atoms. The van der Waals surface area contributed by atoms with E-state index in [-0.39, 0.29) is 5.91 Å². The van der Waals surface area contributed by atoms with Crippen LogP contribution in [0.4, 0.5) is 0 Å². The van der Waals surface area contributed by atoms with E-state index in [0.29, 0.717) is 12.0 Å². The van der Waals surface area contributed by atoms with Crippen molar-refractivity contribution in [2.75, 3.05) is 0 Å². The van der Waals surface area contributed by atoms with E-state index >= 15 is 0 Å². The molecular weight excluding hydrogens is 206 g/mol. The molecule has 1 aliphatic carbocycles. The second-order valence-corrected chi connectivity index (χ2v) is 5.89. The Kier molecular flexibility index (Phi) is 2.83. The molecule has 1 atom stereocenters. The zero-order valence-corrected chi connectivity index (χ0v) is 10.3. The number of aryl methyl sites for hydroxylation is 2. The van der Waals surface area contributed by atoms with Gasteiger partial charge in [0.1, 0.15) is 0 Å². The fourth-order valence-corrected chi connectivity index (χ4v) is 2.78. The highest BCUT2D eigenvalue weighted by Crippen LogP contribution is 2.32. The van der Waals surface area contributed by atoms with Crippen LogP contribution in [-0.4, -0.2) is 11.9 Å². The number of hydrogen-bond donors (Lipinski definition) is 1. The summed E-state index contributed by atoms with van der Waals surface area (Å²) in [5.74, 6) is 0.810. The van der Waals surface area contributed by atoms with Gasteiger partial charge in [0.25, 0.3) is 5.91 Å². The smallest absolute Gasteiger partial charge is 0.252 e. The number of carbonyl (C=O) groups excluding carboxylic acids is 1. The van der Waals surface area contributed by atoms with Crippen molar-refractivity contribution in [3.63, 3.8) is 0 Å². The molecule has 1 unspecified atom stereocenters. The highest BCUT2D eigenvalue weighted by Gasteiger charge is 2.29. The standard InChI is InChI=1S/C12H17NOS/c1-7-6-11(9(3)15-7)12(14)13-8(2)10-4-5-10/h6,8,10H,4-5H2,1-3H3,(H,13,14). The van der Waals surface area contributed by atoms with Crippen LogP contribution in [0, 0.1) is 19.8 Å². The summed E-state index contributed by atoms with van der Waals surface area (Å²) >= 11 is 1.69. The van der Waals surface area contributed by atoms with E-state index in [1.807, 2.05) is 19.9 Å². The minimum absolute atomic E-state index is 0.0938. The van der Waals surface area contributed by atoms with Crippen LogP contribution in [0.25, 0.3) is 0 Å².